The quantitative estimate of drug-likeness (QED) is 0.165. The van der Waals surface area contributed by atoms with E-state index < -0.39 is 26.0 Å². The highest BCUT2D eigenvalue weighted by Gasteiger charge is 2.24. The first-order chi connectivity index (χ1) is 24.6. The summed E-state index contributed by atoms with van der Waals surface area (Å²) in [7, 11) is -7.83. The standard InChI is InChI=1S/C38H35N5O6S2/c39-26-28-14-16-35-34(23-28)29(27-43(35)51(47,48)33-12-5-2-6-13-33)9-7-8-18-41-19-21-42(22-20-41)31-15-17-36-30(24-31)25-37(49-36)38(44)40-50(45,46)32-10-3-1-4-11-32/h1-6,10-17,23-25,27H,7-9,18-22H2,(H,40,44). The van der Waals surface area contributed by atoms with Gasteiger partial charge >= 0.3 is 5.91 Å². The predicted octanol–water partition coefficient (Wildman–Crippen LogP) is 5.76. The van der Waals surface area contributed by atoms with Gasteiger partial charge < -0.3 is 9.32 Å². The van der Waals surface area contributed by atoms with E-state index in [1.54, 1.807) is 85.1 Å². The van der Waals surface area contributed by atoms with Crippen molar-refractivity contribution in [2.75, 3.05) is 37.6 Å². The first-order valence-electron chi connectivity index (χ1n) is 16.6. The van der Waals surface area contributed by atoms with Crippen molar-refractivity contribution in [3.05, 3.63) is 126 Å². The average molecular weight is 722 g/mol. The number of furan rings is 1. The largest absolute Gasteiger partial charge is 0.451 e. The third-order valence-electron chi connectivity index (χ3n) is 9.19. The fraction of sp³-hybridized carbons (Fsp3) is 0.211. The zero-order valence-corrected chi connectivity index (χ0v) is 29.2. The lowest BCUT2D eigenvalue weighted by Gasteiger charge is -2.36. The van der Waals surface area contributed by atoms with Gasteiger partial charge in [0.2, 0.25) is 0 Å². The van der Waals surface area contributed by atoms with Crippen LogP contribution in [0, 0.1) is 11.3 Å². The Morgan fingerprint density at radius 2 is 1.51 bits per heavy atom. The summed E-state index contributed by atoms with van der Waals surface area (Å²) in [6.45, 7) is 4.27. The molecule has 1 amide bonds. The van der Waals surface area contributed by atoms with Gasteiger partial charge in [0, 0.05) is 48.8 Å². The van der Waals surface area contributed by atoms with Gasteiger partial charge in [-0.2, -0.15) is 5.26 Å². The second-order valence-corrected chi connectivity index (χ2v) is 16.0. The number of unbranched alkanes of at least 4 members (excludes halogenated alkanes) is 1. The molecule has 0 radical (unpaired) electrons. The number of aromatic nitrogens is 1. The maximum atomic E-state index is 13.5. The topological polar surface area (TPSA) is 146 Å². The molecule has 1 aliphatic heterocycles. The third kappa shape index (κ3) is 7.12. The summed E-state index contributed by atoms with van der Waals surface area (Å²) in [6, 6.07) is 30.6. The number of rotatable bonds is 11. The van der Waals surface area contributed by atoms with E-state index in [1.165, 1.54) is 16.1 Å². The Morgan fingerprint density at radius 1 is 0.804 bits per heavy atom. The summed E-state index contributed by atoms with van der Waals surface area (Å²) in [5, 5.41) is 11.0. The zero-order valence-electron chi connectivity index (χ0n) is 27.6. The monoisotopic (exact) mass is 721 g/mol. The minimum atomic E-state index is -4.03. The molecule has 0 saturated carbocycles. The van der Waals surface area contributed by atoms with Crippen LogP contribution < -0.4 is 9.62 Å². The molecule has 51 heavy (non-hydrogen) atoms. The molecule has 3 heterocycles. The van der Waals surface area contributed by atoms with E-state index in [4.69, 9.17) is 4.42 Å². The van der Waals surface area contributed by atoms with Crippen LogP contribution in [0.5, 0.6) is 0 Å². The van der Waals surface area contributed by atoms with Crippen LogP contribution in [0.15, 0.2) is 124 Å². The molecule has 0 aliphatic carbocycles. The van der Waals surface area contributed by atoms with Gasteiger partial charge in [0.15, 0.2) is 5.76 Å². The van der Waals surface area contributed by atoms with Gasteiger partial charge in [-0.1, -0.05) is 36.4 Å². The first-order valence-corrected chi connectivity index (χ1v) is 19.5. The fourth-order valence-electron chi connectivity index (χ4n) is 6.49. The number of amides is 1. The molecule has 1 fully saturated rings. The Labute approximate surface area is 296 Å². The van der Waals surface area contributed by atoms with Gasteiger partial charge in [-0.15, -0.1) is 0 Å². The van der Waals surface area contributed by atoms with Gasteiger partial charge in [0.25, 0.3) is 20.0 Å². The normalized spacial score (nSPS) is 14.1. The van der Waals surface area contributed by atoms with E-state index in [2.05, 4.69) is 20.6 Å². The van der Waals surface area contributed by atoms with Gasteiger partial charge in [-0.25, -0.2) is 25.5 Å². The Morgan fingerprint density at radius 3 is 2.22 bits per heavy atom. The third-order valence-corrected chi connectivity index (χ3v) is 12.2. The van der Waals surface area contributed by atoms with Crippen LogP contribution in [0.25, 0.3) is 21.9 Å². The van der Waals surface area contributed by atoms with Crippen LogP contribution in [0.4, 0.5) is 5.69 Å². The molecular formula is C38H35N5O6S2. The molecule has 0 unspecified atom stereocenters. The summed E-state index contributed by atoms with van der Waals surface area (Å²) in [5.74, 6) is -0.917. The smallest absolute Gasteiger partial charge is 0.300 e. The van der Waals surface area contributed by atoms with Gasteiger partial charge in [-0.3, -0.25) is 9.69 Å². The van der Waals surface area contributed by atoms with E-state index in [0.717, 1.165) is 62.2 Å². The van der Waals surface area contributed by atoms with Crippen LogP contribution in [-0.2, 0) is 26.5 Å². The average Bonchev–Trinajstić information content (AvgIpc) is 3.76. The number of carbonyl (C=O) groups is 1. The molecule has 0 atom stereocenters. The Balaban J connectivity index is 0.945. The van der Waals surface area contributed by atoms with Crippen LogP contribution >= 0.6 is 0 Å². The maximum Gasteiger partial charge on any atom is 0.300 e. The molecule has 1 N–H and O–H groups in total. The first kappa shape index (κ1) is 34.0. The van der Waals surface area contributed by atoms with Crippen molar-refractivity contribution in [1.82, 2.24) is 13.6 Å². The van der Waals surface area contributed by atoms with Crippen molar-refractivity contribution < 1.29 is 26.0 Å². The number of hydrogen-bond donors (Lipinski definition) is 1. The number of anilines is 1. The van der Waals surface area contributed by atoms with Crippen LogP contribution in [0.1, 0.15) is 34.5 Å². The minimum absolute atomic E-state index is 0.00789. The molecule has 4 aromatic carbocycles. The molecule has 11 nitrogen and oxygen atoms in total. The second-order valence-electron chi connectivity index (χ2n) is 12.5. The van der Waals surface area contributed by atoms with Gasteiger partial charge in [-0.05, 0) is 98.1 Å². The van der Waals surface area contributed by atoms with Crippen molar-refractivity contribution in [1.29, 1.82) is 5.26 Å². The summed E-state index contributed by atoms with van der Waals surface area (Å²) in [5.41, 5.74) is 3.44. The number of hydrogen-bond acceptors (Lipinski definition) is 9. The number of carbonyl (C=O) groups excluding carboxylic acids is 1. The number of nitrogens with one attached hydrogen (secondary N) is 1. The van der Waals surface area contributed by atoms with E-state index in [9.17, 15) is 26.9 Å². The lowest BCUT2D eigenvalue weighted by atomic mass is 10.1. The highest BCUT2D eigenvalue weighted by Crippen LogP contribution is 2.29. The van der Waals surface area contributed by atoms with Crippen LogP contribution in [-0.4, -0.2) is 64.3 Å². The Kier molecular flexibility index (Phi) is 9.39. The van der Waals surface area contributed by atoms with E-state index in [1.807, 2.05) is 12.1 Å². The Bertz CT molecular complexity index is 2480. The summed E-state index contributed by atoms with van der Waals surface area (Å²) >= 11 is 0. The molecule has 2 aromatic heterocycles. The van der Waals surface area contributed by atoms with Crippen molar-refractivity contribution in [3.63, 3.8) is 0 Å². The molecule has 0 spiro atoms. The van der Waals surface area contributed by atoms with E-state index >= 15 is 0 Å². The maximum absolute atomic E-state index is 13.5. The molecule has 7 rings (SSSR count). The number of aryl methyl sites for hydroxylation is 1. The molecule has 0 bridgehead atoms. The van der Waals surface area contributed by atoms with Crippen molar-refractivity contribution >= 4 is 53.5 Å². The summed E-state index contributed by atoms with van der Waals surface area (Å²) in [6.07, 6.45) is 4.18. The van der Waals surface area contributed by atoms with Crippen molar-refractivity contribution in [2.24, 2.45) is 0 Å². The highest BCUT2D eigenvalue weighted by molar-refractivity contribution is 7.90. The van der Waals surface area contributed by atoms with Crippen molar-refractivity contribution in [2.45, 2.75) is 29.1 Å². The van der Waals surface area contributed by atoms with Gasteiger partial charge in [0.1, 0.15) is 5.58 Å². The number of nitriles is 1. The fourth-order valence-corrected chi connectivity index (χ4v) is 8.88. The molecule has 6 aromatic rings. The Hall–Kier alpha value is -5.42. The SMILES string of the molecule is N#Cc1ccc2c(c1)c(CCCCN1CCN(c3ccc4oc(C(=O)NS(=O)(=O)c5ccccc5)cc4c3)CC1)cn2S(=O)(=O)c1ccccc1. The number of sulfonamides is 1. The molecule has 1 aliphatic rings. The van der Waals surface area contributed by atoms with Crippen LogP contribution in [0.2, 0.25) is 0 Å². The molecule has 1 saturated heterocycles. The zero-order chi connectivity index (χ0) is 35.6. The van der Waals surface area contributed by atoms with E-state index in [-0.39, 0.29) is 15.6 Å². The number of benzene rings is 4. The molecule has 13 heteroatoms. The second kappa shape index (κ2) is 14.1. The van der Waals surface area contributed by atoms with Gasteiger partial charge in [0.05, 0.1) is 26.9 Å². The molecule has 260 valence electrons. The number of fused-ring (bicyclic) bond motifs is 2. The predicted molar refractivity (Wildman–Crippen MR) is 195 cm³/mol. The molecular weight excluding hydrogens is 687 g/mol. The minimum Gasteiger partial charge on any atom is -0.451 e. The summed E-state index contributed by atoms with van der Waals surface area (Å²) in [4.78, 5) is 17.7. The van der Waals surface area contributed by atoms with Crippen LogP contribution in [0.3, 0.4) is 0 Å². The van der Waals surface area contributed by atoms with Crippen molar-refractivity contribution in [3.8, 4) is 6.07 Å². The lowest BCUT2D eigenvalue weighted by molar-refractivity contribution is 0.0956. The highest BCUT2D eigenvalue weighted by atomic mass is 32.2. The number of piperazine rings is 1. The number of nitrogens with zero attached hydrogens (tertiary/aromatic N) is 4. The summed E-state index contributed by atoms with van der Waals surface area (Å²) < 4.78 is 61.3. The lowest BCUT2D eigenvalue weighted by Crippen LogP contribution is -2.46. The van der Waals surface area contributed by atoms with E-state index in [0.29, 0.717) is 28.5 Å².